The first kappa shape index (κ1) is 12.5. The molecule has 0 aliphatic carbocycles. The monoisotopic (exact) mass is 225 g/mol. The van der Waals surface area contributed by atoms with Crippen LogP contribution in [-0.2, 0) is 9.57 Å². The third-order valence-corrected chi connectivity index (χ3v) is 1.91. The number of rotatable bonds is 6. The Balaban J connectivity index is 2.52. The van der Waals surface area contributed by atoms with Crippen LogP contribution in [-0.4, -0.2) is 33.3 Å². The van der Waals surface area contributed by atoms with Crippen molar-refractivity contribution in [3.05, 3.63) is 29.8 Å². The van der Waals surface area contributed by atoms with Gasteiger partial charge in [0.1, 0.15) is 5.75 Å². The summed E-state index contributed by atoms with van der Waals surface area (Å²) in [5.74, 6) is 0.170. The van der Waals surface area contributed by atoms with Gasteiger partial charge in [0, 0.05) is 7.11 Å². The molecule has 16 heavy (non-hydrogen) atoms. The molecule has 0 heterocycles. The number of hydrogen-bond donors (Lipinski definition) is 1. The van der Waals surface area contributed by atoms with Crippen LogP contribution in [0.5, 0.6) is 5.75 Å². The molecule has 0 atom stereocenters. The van der Waals surface area contributed by atoms with Gasteiger partial charge in [-0.25, -0.2) is 5.48 Å². The molecule has 0 aliphatic heterocycles. The molecular weight excluding hydrogens is 210 g/mol. The fraction of sp³-hybridized carbons (Fsp3) is 0.364. The first-order valence-corrected chi connectivity index (χ1v) is 4.83. The minimum atomic E-state index is -0.339. The van der Waals surface area contributed by atoms with Crippen molar-refractivity contribution in [3.8, 4) is 5.75 Å². The lowest BCUT2D eigenvalue weighted by Gasteiger charge is -2.08. The Bertz CT molecular complexity index is 341. The molecule has 5 heteroatoms. The minimum absolute atomic E-state index is 0.303. The van der Waals surface area contributed by atoms with Gasteiger partial charge in [0.2, 0.25) is 0 Å². The number of carbonyl (C=O) groups is 1. The summed E-state index contributed by atoms with van der Waals surface area (Å²) in [6, 6.07) is 6.92. The van der Waals surface area contributed by atoms with Gasteiger partial charge in [-0.05, 0) is 12.1 Å². The summed E-state index contributed by atoms with van der Waals surface area (Å²) in [6.07, 6.45) is 0. The minimum Gasteiger partial charge on any atom is -0.496 e. The molecule has 0 radical (unpaired) electrons. The van der Waals surface area contributed by atoms with Crippen LogP contribution in [0.4, 0.5) is 0 Å². The zero-order chi connectivity index (χ0) is 11.8. The normalized spacial score (nSPS) is 9.88. The Kier molecular flexibility index (Phi) is 5.31. The van der Waals surface area contributed by atoms with Gasteiger partial charge in [-0.15, -0.1) is 0 Å². The lowest BCUT2D eigenvalue weighted by atomic mass is 10.2. The van der Waals surface area contributed by atoms with Crippen molar-refractivity contribution in [1.82, 2.24) is 5.48 Å². The zero-order valence-corrected chi connectivity index (χ0v) is 9.36. The Hall–Kier alpha value is -1.59. The van der Waals surface area contributed by atoms with Crippen molar-refractivity contribution < 1.29 is 19.1 Å². The molecule has 0 saturated carbocycles. The number of methoxy groups -OCH3 is 2. The van der Waals surface area contributed by atoms with Crippen molar-refractivity contribution in [3.63, 3.8) is 0 Å². The van der Waals surface area contributed by atoms with E-state index >= 15 is 0 Å². The fourth-order valence-corrected chi connectivity index (χ4v) is 1.13. The van der Waals surface area contributed by atoms with E-state index in [4.69, 9.17) is 14.3 Å². The van der Waals surface area contributed by atoms with E-state index in [9.17, 15) is 4.79 Å². The summed E-state index contributed by atoms with van der Waals surface area (Å²) in [6.45, 7) is 0.726. The van der Waals surface area contributed by atoms with E-state index in [0.29, 0.717) is 24.5 Å². The second-order valence-corrected chi connectivity index (χ2v) is 2.97. The molecule has 88 valence electrons. The van der Waals surface area contributed by atoms with Crippen LogP contribution in [0.15, 0.2) is 24.3 Å². The lowest BCUT2D eigenvalue weighted by molar-refractivity contribution is 0.00874. The zero-order valence-electron chi connectivity index (χ0n) is 9.36. The number of para-hydroxylation sites is 1. The molecule has 5 nitrogen and oxygen atoms in total. The maximum atomic E-state index is 11.6. The molecule has 1 aromatic rings. The van der Waals surface area contributed by atoms with Crippen molar-refractivity contribution in [2.45, 2.75) is 0 Å². The predicted molar refractivity (Wildman–Crippen MR) is 58.3 cm³/mol. The number of benzene rings is 1. The second-order valence-electron chi connectivity index (χ2n) is 2.97. The molecule has 0 bridgehead atoms. The molecule has 1 N–H and O–H groups in total. The topological polar surface area (TPSA) is 56.8 Å². The highest BCUT2D eigenvalue weighted by Crippen LogP contribution is 2.16. The van der Waals surface area contributed by atoms with Crippen molar-refractivity contribution in [1.29, 1.82) is 0 Å². The van der Waals surface area contributed by atoms with Gasteiger partial charge in [-0.1, -0.05) is 12.1 Å². The maximum Gasteiger partial charge on any atom is 0.278 e. The van der Waals surface area contributed by atoms with Gasteiger partial charge < -0.3 is 9.47 Å². The summed E-state index contributed by atoms with van der Waals surface area (Å²) in [4.78, 5) is 16.5. The summed E-state index contributed by atoms with van der Waals surface area (Å²) < 4.78 is 9.83. The molecule has 1 aromatic carbocycles. The summed E-state index contributed by atoms with van der Waals surface area (Å²) in [5, 5.41) is 0. The molecule has 0 aromatic heterocycles. The largest absolute Gasteiger partial charge is 0.496 e. The van der Waals surface area contributed by atoms with Gasteiger partial charge in [0.05, 0.1) is 25.9 Å². The van der Waals surface area contributed by atoms with E-state index < -0.39 is 0 Å². The van der Waals surface area contributed by atoms with Gasteiger partial charge in [0.15, 0.2) is 0 Å². The maximum absolute atomic E-state index is 11.6. The number of hydrogen-bond acceptors (Lipinski definition) is 4. The quantitative estimate of drug-likeness (QED) is 0.579. The van der Waals surface area contributed by atoms with E-state index in [1.165, 1.54) is 7.11 Å². The number of hydroxylamine groups is 1. The first-order chi connectivity index (χ1) is 7.79. The van der Waals surface area contributed by atoms with Crippen LogP contribution in [0.3, 0.4) is 0 Å². The molecule has 0 saturated heterocycles. The van der Waals surface area contributed by atoms with E-state index in [0.717, 1.165) is 0 Å². The number of amides is 1. The van der Waals surface area contributed by atoms with Crippen LogP contribution in [0.25, 0.3) is 0 Å². The molecule has 0 fully saturated rings. The Labute approximate surface area is 94.3 Å². The van der Waals surface area contributed by atoms with Crippen molar-refractivity contribution >= 4 is 5.91 Å². The standard InChI is InChI=1S/C11H15NO4/c1-14-7-8-16-12-11(13)9-5-3-4-6-10(9)15-2/h3-6H,7-8H2,1-2H3,(H,12,13). The highest BCUT2D eigenvalue weighted by atomic mass is 16.7. The van der Waals surface area contributed by atoms with E-state index in [-0.39, 0.29) is 5.91 Å². The summed E-state index contributed by atoms with van der Waals surface area (Å²) in [5.41, 5.74) is 2.74. The van der Waals surface area contributed by atoms with Gasteiger partial charge in [-0.2, -0.15) is 0 Å². The van der Waals surface area contributed by atoms with Crippen LogP contribution in [0.2, 0.25) is 0 Å². The third-order valence-electron chi connectivity index (χ3n) is 1.91. The molecule has 0 unspecified atom stereocenters. The van der Waals surface area contributed by atoms with Gasteiger partial charge in [-0.3, -0.25) is 9.63 Å². The van der Waals surface area contributed by atoms with E-state index in [2.05, 4.69) is 5.48 Å². The SMILES string of the molecule is COCCONC(=O)c1ccccc1OC. The van der Waals surface area contributed by atoms with Crippen LogP contribution < -0.4 is 10.2 Å². The summed E-state index contributed by atoms with van der Waals surface area (Å²) >= 11 is 0. The Morgan fingerprint density at radius 2 is 2.00 bits per heavy atom. The number of nitrogens with one attached hydrogen (secondary N) is 1. The average molecular weight is 225 g/mol. The highest BCUT2D eigenvalue weighted by molar-refractivity contribution is 5.96. The van der Waals surface area contributed by atoms with Gasteiger partial charge >= 0.3 is 0 Å². The van der Waals surface area contributed by atoms with Gasteiger partial charge in [0.25, 0.3) is 5.91 Å². The highest BCUT2D eigenvalue weighted by Gasteiger charge is 2.10. The second kappa shape index (κ2) is 6.81. The Morgan fingerprint density at radius 1 is 1.25 bits per heavy atom. The van der Waals surface area contributed by atoms with E-state index in [1.807, 2.05) is 0 Å². The number of ether oxygens (including phenoxy) is 2. The summed E-state index contributed by atoms with van der Waals surface area (Å²) in [7, 11) is 3.07. The van der Waals surface area contributed by atoms with Crippen LogP contribution in [0, 0.1) is 0 Å². The van der Waals surface area contributed by atoms with Crippen LogP contribution in [0.1, 0.15) is 10.4 Å². The van der Waals surface area contributed by atoms with E-state index in [1.54, 1.807) is 31.4 Å². The Morgan fingerprint density at radius 3 is 2.69 bits per heavy atom. The molecule has 1 rings (SSSR count). The van der Waals surface area contributed by atoms with Crippen LogP contribution >= 0.6 is 0 Å². The smallest absolute Gasteiger partial charge is 0.278 e. The molecule has 1 amide bonds. The molecule has 0 spiro atoms. The van der Waals surface area contributed by atoms with Crippen molar-refractivity contribution in [2.24, 2.45) is 0 Å². The lowest BCUT2D eigenvalue weighted by Crippen LogP contribution is -2.25. The molecule has 0 aliphatic rings. The first-order valence-electron chi connectivity index (χ1n) is 4.83. The predicted octanol–water partition coefficient (Wildman–Crippen LogP) is 1.00. The average Bonchev–Trinajstić information content (AvgIpc) is 2.34. The third kappa shape index (κ3) is 3.52. The van der Waals surface area contributed by atoms with Crippen molar-refractivity contribution in [2.75, 3.05) is 27.4 Å². The number of carbonyl (C=O) groups excluding carboxylic acids is 1. The fourth-order valence-electron chi connectivity index (χ4n) is 1.13. The molecular formula is C11H15NO4.